The van der Waals surface area contributed by atoms with Gasteiger partial charge in [-0.15, -0.1) is 11.6 Å². The van der Waals surface area contributed by atoms with Gasteiger partial charge in [-0.1, -0.05) is 6.42 Å². The van der Waals surface area contributed by atoms with Crippen molar-refractivity contribution in [2.24, 2.45) is 5.92 Å². The van der Waals surface area contributed by atoms with Crippen LogP contribution in [0.2, 0.25) is 0 Å². The molecule has 1 aliphatic rings. The van der Waals surface area contributed by atoms with Crippen molar-refractivity contribution in [2.45, 2.75) is 25.4 Å². The van der Waals surface area contributed by atoms with E-state index < -0.39 is 17.7 Å². The molecule has 2 N–H and O–H groups in total. The number of ether oxygens (including phenoxy) is 1. The highest BCUT2D eigenvalue weighted by Crippen LogP contribution is 2.30. The van der Waals surface area contributed by atoms with Gasteiger partial charge < -0.3 is 15.2 Å². The third kappa shape index (κ3) is 3.96. The van der Waals surface area contributed by atoms with Gasteiger partial charge >= 0.3 is 0 Å². The van der Waals surface area contributed by atoms with Crippen LogP contribution < -0.4 is 10.1 Å². The summed E-state index contributed by atoms with van der Waals surface area (Å²) in [6.45, 7) is 0.482. The van der Waals surface area contributed by atoms with E-state index in [0.29, 0.717) is 12.5 Å². The van der Waals surface area contributed by atoms with Crippen molar-refractivity contribution in [3.05, 3.63) is 23.8 Å². The zero-order chi connectivity index (χ0) is 14.5. The lowest BCUT2D eigenvalue weighted by Gasteiger charge is -2.25. The highest BCUT2D eigenvalue weighted by atomic mass is 35.5. The summed E-state index contributed by atoms with van der Waals surface area (Å²) in [7, 11) is 0. The van der Waals surface area contributed by atoms with Crippen LogP contribution in [0, 0.1) is 17.6 Å². The Morgan fingerprint density at radius 2 is 2.00 bits per heavy atom. The first-order valence-corrected chi connectivity index (χ1v) is 7.23. The Morgan fingerprint density at radius 3 is 2.50 bits per heavy atom. The van der Waals surface area contributed by atoms with E-state index in [2.05, 4.69) is 5.32 Å². The first-order valence-electron chi connectivity index (χ1n) is 6.70. The van der Waals surface area contributed by atoms with Crippen molar-refractivity contribution in [2.75, 3.05) is 24.3 Å². The Bertz CT molecular complexity index is 432. The normalized spacial score (nSPS) is 16.6. The summed E-state index contributed by atoms with van der Waals surface area (Å²) in [5.74, 6) is -1.36. The lowest BCUT2D eigenvalue weighted by molar-refractivity contribution is 0.170. The van der Waals surface area contributed by atoms with Gasteiger partial charge in [0, 0.05) is 24.4 Å². The van der Waals surface area contributed by atoms with E-state index in [9.17, 15) is 13.9 Å². The van der Waals surface area contributed by atoms with E-state index in [1.807, 2.05) is 0 Å². The number of hydrogen-bond donors (Lipinski definition) is 2. The van der Waals surface area contributed by atoms with E-state index in [1.165, 1.54) is 0 Å². The van der Waals surface area contributed by atoms with E-state index in [-0.39, 0.29) is 23.9 Å². The van der Waals surface area contributed by atoms with Crippen LogP contribution in [0.4, 0.5) is 14.5 Å². The Balaban J connectivity index is 1.96. The minimum Gasteiger partial charge on any atom is -0.487 e. The van der Waals surface area contributed by atoms with Gasteiger partial charge in [0.25, 0.3) is 0 Å². The number of alkyl halides is 1. The Labute approximate surface area is 121 Å². The summed E-state index contributed by atoms with van der Waals surface area (Å²) in [4.78, 5) is 0. The van der Waals surface area contributed by atoms with Crippen LogP contribution in [-0.4, -0.2) is 30.2 Å². The highest BCUT2D eigenvalue weighted by molar-refractivity contribution is 6.18. The molecule has 0 spiro atoms. The third-order valence-electron chi connectivity index (χ3n) is 3.41. The van der Waals surface area contributed by atoms with Crippen molar-refractivity contribution in [3.63, 3.8) is 0 Å². The molecule has 1 aromatic carbocycles. The maximum Gasteiger partial charge on any atom is 0.190 e. The summed E-state index contributed by atoms with van der Waals surface area (Å²) in [6, 6.07) is 2.31. The zero-order valence-electron chi connectivity index (χ0n) is 11.0. The van der Waals surface area contributed by atoms with Gasteiger partial charge in [-0.2, -0.15) is 0 Å². The third-order valence-corrected chi connectivity index (χ3v) is 3.76. The van der Waals surface area contributed by atoms with Gasteiger partial charge in [0.15, 0.2) is 17.4 Å². The van der Waals surface area contributed by atoms with Crippen LogP contribution in [-0.2, 0) is 0 Å². The topological polar surface area (TPSA) is 41.5 Å². The van der Waals surface area contributed by atoms with Crippen molar-refractivity contribution in [1.29, 1.82) is 0 Å². The van der Waals surface area contributed by atoms with Gasteiger partial charge in [-0.3, -0.25) is 0 Å². The average molecular weight is 306 g/mol. The molecule has 6 heteroatoms. The number of rotatable bonds is 7. The fraction of sp³-hybridized carbons (Fsp3) is 0.571. The molecule has 1 aliphatic carbocycles. The van der Waals surface area contributed by atoms with Crippen molar-refractivity contribution < 1.29 is 18.6 Å². The molecule has 112 valence electrons. The first-order chi connectivity index (χ1) is 9.60. The molecule has 0 saturated heterocycles. The second kappa shape index (κ2) is 7.09. The number of anilines is 1. The maximum absolute atomic E-state index is 13.8. The molecule has 20 heavy (non-hydrogen) atoms. The molecule has 1 atom stereocenters. The Hall–Kier alpha value is -1.07. The van der Waals surface area contributed by atoms with Crippen molar-refractivity contribution in [1.82, 2.24) is 0 Å². The standard InChI is InChI=1S/C14H18ClF2NO2/c15-6-11(19)7-18-10-4-12(16)14(13(17)5-10)20-8-9-2-1-3-9/h4-5,9,11,18-19H,1-3,6-8H2. The Morgan fingerprint density at radius 1 is 1.35 bits per heavy atom. The van der Waals surface area contributed by atoms with E-state index in [0.717, 1.165) is 31.4 Å². The fourth-order valence-electron chi connectivity index (χ4n) is 1.95. The number of halogens is 3. The fourth-order valence-corrected chi connectivity index (χ4v) is 2.06. The van der Waals surface area contributed by atoms with Crippen LogP contribution in [0.15, 0.2) is 12.1 Å². The summed E-state index contributed by atoms with van der Waals surface area (Å²) in [6.07, 6.45) is 2.50. The monoisotopic (exact) mass is 305 g/mol. The number of benzene rings is 1. The summed E-state index contributed by atoms with van der Waals surface area (Å²) < 4.78 is 32.8. The molecule has 3 nitrogen and oxygen atoms in total. The second-order valence-corrected chi connectivity index (χ2v) is 5.37. The largest absolute Gasteiger partial charge is 0.487 e. The lowest BCUT2D eigenvalue weighted by atomic mass is 9.86. The minimum absolute atomic E-state index is 0.0561. The number of aliphatic hydroxyl groups excluding tert-OH is 1. The molecule has 0 amide bonds. The predicted molar refractivity (Wildman–Crippen MR) is 74.4 cm³/mol. The zero-order valence-corrected chi connectivity index (χ0v) is 11.8. The van der Waals surface area contributed by atoms with Gasteiger partial charge in [0.2, 0.25) is 0 Å². The van der Waals surface area contributed by atoms with Crippen LogP contribution in [0.25, 0.3) is 0 Å². The molecule has 0 radical (unpaired) electrons. The molecule has 1 aromatic rings. The predicted octanol–water partition coefficient (Wildman–Crippen LogP) is 3.16. The summed E-state index contributed by atoms with van der Waals surface area (Å²) in [5.41, 5.74) is 0.250. The maximum atomic E-state index is 13.8. The average Bonchev–Trinajstić information content (AvgIpc) is 2.37. The molecule has 0 heterocycles. The number of nitrogens with one attached hydrogen (secondary N) is 1. The molecule has 0 bridgehead atoms. The highest BCUT2D eigenvalue weighted by Gasteiger charge is 2.20. The van der Waals surface area contributed by atoms with E-state index in [4.69, 9.17) is 16.3 Å². The van der Waals surface area contributed by atoms with E-state index >= 15 is 0 Å². The summed E-state index contributed by atoms with van der Waals surface area (Å²) >= 11 is 5.44. The molecule has 1 saturated carbocycles. The molecular weight excluding hydrogens is 288 g/mol. The molecule has 1 fully saturated rings. The molecule has 0 aliphatic heterocycles. The lowest BCUT2D eigenvalue weighted by Crippen LogP contribution is -2.21. The minimum atomic E-state index is -0.766. The van der Waals surface area contributed by atoms with Crippen LogP contribution in [0.5, 0.6) is 5.75 Å². The molecule has 1 unspecified atom stereocenters. The molecular formula is C14H18ClF2NO2. The number of hydrogen-bond acceptors (Lipinski definition) is 3. The van der Waals surface area contributed by atoms with Crippen LogP contribution in [0.1, 0.15) is 19.3 Å². The molecule has 2 rings (SSSR count). The smallest absolute Gasteiger partial charge is 0.190 e. The van der Waals surface area contributed by atoms with Gasteiger partial charge in [-0.25, -0.2) is 8.78 Å². The van der Waals surface area contributed by atoms with Crippen LogP contribution in [0.3, 0.4) is 0 Å². The van der Waals surface area contributed by atoms with Gasteiger partial charge in [0.05, 0.1) is 18.6 Å². The number of aliphatic hydroxyl groups is 1. The van der Waals surface area contributed by atoms with Gasteiger partial charge in [0.1, 0.15) is 0 Å². The summed E-state index contributed by atoms with van der Waals surface area (Å²) in [5, 5.41) is 12.0. The van der Waals surface area contributed by atoms with E-state index in [1.54, 1.807) is 0 Å². The molecule has 0 aromatic heterocycles. The van der Waals surface area contributed by atoms with Crippen molar-refractivity contribution in [3.8, 4) is 5.75 Å². The van der Waals surface area contributed by atoms with Crippen LogP contribution >= 0.6 is 11.6 Å². The first kappa shape index (κ1) is 15.3. The van der Waals surface area contributed by atoms with Crippen molar-refractivity contribution >= 4 is 17.3 Å². The quantitative estimate of drug-likeness (QED) is 0.760. The second-order valence-electron chi connectivity index (χ2n) is 5.07. The SMILES string of the molecule is OC(CCl)CNc1cc(F)c(OCC2CCC2)c(F)c1. The van der Waals surface area contributed by atoms with Gasteiger partial charge in [-0.05, 0) is 18.8 Å². The Kier molecular flexibility index (Phi) is 5.43.